The van der Waals surface area contributed by atoms with Crippen molar-refractivity contribution in [2.24, 2.45) is 5.92 Å². The van der Waals surface area contributed by atoms with Gasteiger partial charge in [-0.05, 0) is 31.5 Å². The Labute approximate surface area is 107 Å². The Bertz CT molecular complexity index is 431. The monoisotopic (exact) mass is 249 g/mol. The van der Waals surface area contributed by atoms with Crippen LogP contribution in [0.15, 0.2) is 24.3 Å². The van der Waals surface area contributed by atoms with Crippen molar-refractivity contribution in [1.29, 1.82) is 0 Å². The third-order valence-electron chi connectivity index (χ3n) is 3.19. The lowest BCUT2D eigenvalue weighted by atomic mass is 9.89. The third kappa shape index (κ3) is 2.82. The van der Waals surface area contributed by atoms with Crippen molar-refractivity contribution in [1.82, 2.24) is 5.32 Å². The van der Waals surface area contributed by atoms with E-state index in [0.29, 0.717) is 13.1 Å². The smallest absolute Gasteiger partial charge is 0.308 e. The Morgan fingerprint density at radius 1 is 1.44 bits per heavy atom. The van der Waals surface area contributed by atoms with Gasteiger partial charge in [0.15, 0.2) is 0 Å². The highest BCUT2D eigenvalue weighted by atomic mass is 16.5. The molecule has 0 saturated carbocycles. The zero-order valence-electron chi connectivity index (χ0n) is 10.7. The predicted octanol–water partition coefficient (Wildman–Crippen LogP) is 1.86. The fraction of sp³-hybridized carbons (Fsp3) is 0.500. The maximum Gasteiger partial charge on any atom is 0.308 e. The van der Waals surface area contributed by atoms with Gasteiger partial charge in [0, 0.05) is 19.0 Å². The van der Waals surface area contributed by atoms with Crippen molar-refractivity contribution in [3.05, 3.63) is 29.8 Å². The van der Waals surface area contributed by atoms with Crippen LogP contribution in [0, 0.1) is 5.92 Å². The molecule has 1 aliphatic rings. The van der Waals surface area contributed by atoms with Crippen LogP contribution >= 0.6 is 0 Å². The summed E-state index contributed by atoms with van der Waals surface area (Å²) in [4.78, 5) is 11.2. The molecule has 4 nitrogen and oxygen atoms in total. The Hall–Kier alpha value is -1.55. The van der Waals surface area contributed by atoms with E-state index >= 15 is 0 Å². The van der Waals surface area contributed by atoms with Gasteiger partial charge < -0.3 is 15.2 Å². The molecule has 98 valence electrons. The fourth-order valence-electron chi connectivity index (χ4n) is 2.38. The molecular formula is C14H19NO3. The molecule has 0 radical (unpaired) electrons. The zero-order valence-corrected chi connectivity index (χ0v) is 10.7. The number of nitrogens with one attached hydrogen (secondary N) is 1. The van der Waals surface area contributed by atoms with Gasteiger partial charge in [0.1, 0.15) is 5.75 Å². The number of hydrogen-bond acceptors (Lipinski definition) is 3. The second kappa shape index (κ2) is 5.40. The van der Waals surface area contributed by atoms with Crippen LogP contribution in [0.1, 0.15) is 25.3 Å². The summed E-state index contributed by atoms with van der Waals surface area (Å²) in [6.07, 6.45) is 0.122. The number of hydrogen-bond donors (Lipinski definition) is 2. The first kappa shape index (κ1) is 12.9. The topological polar surface area (TPSA) is 58.6 Å². The van der Waals surface area contributed by atoms with E-state index in [9.17, 15) is 9.90 Å². The largest absolute Gasteiger partial charge is 0.491 e. The summed E-state index contributed by atoms with van der Waals surface area (Å²) < 4.78 is 5.64. The maximum absolute atomic E-state index is 11.2. The second-order valence-electron chi connectivity index (χ2n) is 4.95. The lowest BCUT2D eigenvalue weighted by Gasteiger charge is -2.17. The van der Waals surface area contributed by atoms with Gasteiger partial charge in [-0.2, -0.15) is 0 Å². The van der Waals surface area contributed by atoms with Crippen molar-refractivity contribution < 1.29 is 14.6 Å². The lowest BCUT2D eigenvalue weighted by molar-refractivity contribution is -0.141. The minimum Gasteiger partial charge on any atom is -0.491 e. The highest BCUT2D eigenvalue weighted by molar-refractivity contribution is 5.72. The molecule has 1 saturated heterocycles. The maximum atomic E-state index is 11.2. The Balaban J connectivity index is 2.19. The summed E-state index contributed by atoms with van der Waals surface area (Å²) in [6.45, 7) is 5.20. The molecule has 0 bridgehead atoms. The average Bonchev–Trinajstić information content (AvgIpc) is 2.77. The van der Waals surface area contributed by atoms with E-state index in [4.69, 9.17) is 4.74 Å². The Kier molecular flexibility index (Phi) is 3.87. The molecule has 1 aromatic carbocycles. The van der Waals surface area contributed by atoms with Gasteiger partial charge >= 0.3 is 5.97 Å². The van der Waals surface area contributed by atoms with Crippen LogP contribution in [-0.2, 0) is 4.79 Å². The van der Waals surface area contributed by atoms with Crippen molar-refractivity contribution in [3.63, 3.8) is 0 Å². The molecule has 18 heavy (non-hydrogen) atoms. The van der Waals surface area contributed by atoms with Gasteiger partial charge in [-0.25, -0.2) is 0 Å². The lowest BCUT2D eigenvalue weighted by Crippen LogP contribution is -2.21. The molecule has 0 amide bonds. The van der Waals surface area contributed by atoms with E-state index in [1.807, 2.05) is 38.1 Å². The van der Waals surface area contributed by atoms with Crippen molar-refractivity contribution in [3.8, 4) is 5.75 Å². The first-order chi connectivity index (χ1) is 8.58. The summed E-state index contributed by atoms with van der Waals surface area (Å²) in [5, 5.41) is 12.3. The van der Waals surface area contributed by atoms with Crippen molar-refractivity contribution in [2.75, 3.05) is 13.1 Å². The minimum atomic E-state index is -0.736. The van der Waals surface area contributed by atoms with Gasteiger partial charge in [-0.15, -0.1) is 0 Å². The molecule has 2 N–H and O–H groups in total. The Morgan fingerprint density at radius 2 is 2.22 bits per heavy atom. The Morgan fingerprint density at radius 3 is 2.89 bits per heavy atom. The average molecular weight is 249 g/mol. The first-order valence-corrected chi connectivity index (χ1v) is 6.28. The molecule has 0 spiro atoms. The van der Waals surface area contributed by atoms with Crippen molar-refractivity contribution in [2.45, 2.75) is 25.9 Å². The van der Waals surface area contributed by atoms with Gasteiger partial charge in [-0.3, -0.25) is 4.79 Å². The standard InChI is InChI=1S/C14H19NO3/c1-9(2)18-11-5-3-4-10(6-11)12-7-15-8-13(12)14(16)17/h3-6,9,12-13,15H,7-8H2,1-2H3,(H,16,17). The fourth-order valence-corrected chi connectivity index (χ4v) is 2.38. The molecule has 2 unspecified atom stereocenters. The van der Waals surface area contributed by atoms with Crippen molar-refractivity contribution >= 4 is 5.97 Å². The van der Waals surface area contributed by atoms with Crippen LogP contribution in [0.2, 0.25) is 0 Å². The molecule has 1 fully saturated rings. The molecule has 2 atom stereocenters. The van der Waals surface area contributed by atoms with E-state index in [-0.39, 0.29) is 17.9 Å². The summed E-state index contributed by atoms with van der Waals surface area (Å²) in [5.41, 5.74) is 1.03. The van der Waals surface area contributed by atoms with Crippen LogP contribution in [-0.4, -0.2) is 30.3 Å². The van der Waals surface area contributed by atoms with E-state index in [0.717, 1.165) is 11.3 Å². The van der Waals surface area contributed by atoms with Crippen LogP contribution in [0.3, 0.4) is 0 Å². The molecule has 1 heterocycles. The normalized spacial score (nSPS) is 23.3. The SMILES string of the molecule is CC(C)Oc1cccc(C2CNCC2C(=O)O)c1. The van der Waals surface area contributed by atoms with E-state index < -0.39 is 5.97 Å². The van der Waals surface area contributed by atoms with Crippen LogP contribution in [0.25, 0.3) is 0 Å². The molecule has 2 rings (SSSR count). The van der Waals surface area contributed by atoms with E-state index in [1.54, 1.807) is 0 Å². The summed E-state index contributed by atoms with van der Waals surface area (Å²) in [7, 11) is 0. The number of benzene rings is 1. The van der Waals surface area contributed by atoms with Gasteiger partial charge in [0.25, 0.3) is 0 Å². The second-order valence-corrected chi connectivity index (χ2v) is 4.95. The number of aliphatic carboxylic acids is 1. The molecular weight excluding hydrogens is 230 g/mol. The summed E-state index contributed by atoms with van der Waals surface area (Å²) in [5.74, 6) is -0.253. The third-order valence-corrected chi connectivity index (χ3v) is 3.19. The van der Waals surface area contributed by atoms with E-state index in [2.05, 4.69) is 5.32 Å². The highest BCUT2D eigenvalue weighted by Gasteiger charge is 2.33. The molecule has 1 aromatic rings. The van der Waals surface area contributed by atoms with Crippen LogP contribution in [0.4, 0.5) is 0 Å². The number of rotatable bonds is 4. The number of carboxylic acid groups (broad SMARTS) is 1. The van der Waals surface area contributed by atoms with Gasteiger partial charge in [-0.1, -0.05) is 12.1 Å². The number of carbonyl (C=O) groups is 1. The number of carboxylic acids is 1. The van der Waals surface area contributed by atoms with E-state index in [1.165, 1.54) is 0 Å². The summed E-state index contributed by atoms with van der Waals surface area (Å²) >= 11 is 0. The summed E-state index contributed by atoms with van der Waals surface area (Å²) in [6, 6.07) is 7.75. The first-order valence-electron chi connectivity index (χ1n) is 6.28. The molecule has 1 aliphatic heterocycles. The predicted molar refractivity (Wildman–Crippen MR) is 68.9 cm³/mol. The van der Waals surface area contributed by atoms with Gasteiger partial charge in [0.2, 0.25) is 0 Å². The minimum absolute atomic E-state index is 0.0261. The molecule has 0 aliphatic carbocycles. The van der Waals surface area contributed by atoms with Gasteiger partial charge in [0.05, 0.1) is 12.0 Å². The molecule has 4 heteroatoms. The van der Waals surface area contributed by atoms with Crippen LogP contribution in [0.5, 0.6) is 5.75 Å². The quantitative estimate of drug-likeness (QED) is 0.855. The van der Waals surface area contributed by atoms with Crippen LogP contribution < -0.4 is 10.1 Å². The zero-order chi connectivity index (χ0) is 13.1. The number of ether oxygens (including phenoxy) is 1. The highest BCUT2D eigenvalue weighted by Crippen LogP contribution is 2.30. The molecule has 0 aromatic heterocycles.